The molecule has 1 saturated heterocycles. The Labute approximate surface area is 126 Å². The topological polar surface area (TPSA) is 41.3 Å². The summed E-state index contributed by atoms with van der Waals surface area (Å²) in [6.45, 7) is 9.90. The van der Waals surface area contributed by atoms with Gasteiger partial charge in [0.05, 0.1) is 11.6 Å². The number of nitrogens with zero attached hydrogens (tertiary/aromatic N) is 2. The van der Waals surface area contributed by atoms with E-state index in [1.807, 2.05) is 18.3 Å². The summed E-state index contributed by atoms with van der Waals surface area (Å²) in [6.07, 6.45) is 6.12. The highest BCUT2D eigenvalue weighted by Crippen LogP contribution is 2.28. The number of hydrogen-bond acceptors (Lipinski definition) is 4. The molecule has 114 valence electrons. The Morgan fingerprint density at radius 2 is 2.24 bits per heavy atom. The van der Waals surface area contributed by atoms with Crippen molar-refractivity contribution in [2.45, 2.75) is 39.2 Å². The molecule has 0 aromatic carbocycles. The van der Waals surface area contributed by atoms with E-state index in [0.717, 1.165) is 36.4 Å². The van der Waals surface area contributed by atoms with E-state index in [1.54, 1.807) is 6.26 Å². The summed E-state index contributed by atoms with van der Waals surface area (Å²) in [5.74, 6) is 1.75. The summed E-state index contributed by atoms with van der Waals surface area (Å²) in [5.41, 5.74) is 1.11. The van der Waals surface area contributed by atoms with Crippen molar-refractivity contribution >= 4 is 16.8 Å². The molecule has 0 radical (unpaired) electrons. The number of piperidine rings is 1. The van der Waals surface area contributed by atoms with Crippen LogP contribution in [0, 0.1) is 5.92 Å². The lowest BCUT2D eigenvalue weighted by Crippen LogP contribution is -2.44. The van der Waals surface area contributed by atoms with Crippen LogP contribution in [0.2, 0.25) is 0 Å². The maximum absolute atomic E-state index is 5.49. The first kappa shape index (κ1) is 14.4. The van der Waals surface area contributed by atoms with Gasteiger partial charge in [-0.1, -0.05) is 0 Å². The van der Waals surface area contributed by atoms with Gasteiger partial charge >= 0.3 is 0 Å². The summed E-state index contributed by atoms with van der Waals surface area (Å²) in [7, 11) is 0. The van der Waals surface area contributed by atoms with Crippen LogP contribution >= 0.6 is 0 Å². The normalized spacial score (nSPS) is 20.1. The number of rotatable bonds is 3. The minimum atomic E-state index is 0.186. The molecule has 1 aliphatic heterocycles. The molecule has 1 N–H and O–H groups in total. The number of aromatic nitrogens is 1. The minimum Gasteiger partial charge on any atom is -0.464 e. The first-order chi connectivity index (χ1) is 10.0. The van der Waals surface area contributed by atoms with Crippen LogP contribution in [0.1, 0.15) is 33.6 Å². The van der Waals surface area contributed by atoms with Gasteiger partial charge in [0.25, 0.3) is 0 Å². The van der Waals surface area contributed by atoms with Crippen molar-refractivity contribution in [2.24, 2.45) is 5.92 Å². The predicted molar refractivity (Wildman–Crippen MR) is 86.7 cm³/mol. The lowest BCUT2D eigenvalue weighted by Gasteiger charge is -2.35. The molecular weight excluding hydrogens is 262 g/mol. The third-order valence-electron chi connectivity index (χ3n) is 4.10. The third-order valence-corrected chi connectivity index (χ3v) is 4.10. The smallest absolute Gasteiger partial charge is 0.139 e. The Bertz CT molecular complexity index is 599. The average molecular weight is 287 g/mol. The van der Waals surface area contributed by atoms with Crippen molar-refractivity contribution in [1.29, 1.82) is 0 Å². The lowest BCUT2D eigenvalue weighted by molar-refractivity contribution is 0.335. The summed E-state index contributed by atoms with van der Waals surface area (Å²) in [6, 6.07) is 3.95. The van der Waals surface area contributed by atoms with Crippen molar-refractivity contribution < 1.29 is 4.42 Å². The zero-order valence-corrected chi connectivity index (χ0v) is 13.2. The molecule has 1 unspecified atom stereocenters. The van der Waals surface area contributed by atoms with Gasteiger partial charge in [-0.05, 0) is 51.7 Å². The Hall–Kier alpha value is -1.55. The number of furan rings is 1. The summed E-state index contributed by atoms with van der Waals surface area (Å²) < 4.78 is 5.49. The van der Waals surface area contributed by atoms with E-state index in [2.05, 4.69) is 36.0 Å². The van der Waals surface area contributed by atoms with Gasteiger partial charge in [-0.25, -0.2) is 4.98 Å². The monoisotopic (exact) mass is 287 g/mol. The van der Waals surface area contributed by atoms with E-state index in [4.69, 9.17) is 4.42 Å². The molecule has 0 amide bonds. The van der Waals surface area contributed by atoms with E-state index < -0.39 is 0 Å². The second-order valence-corrected chi connectivity index (χ2v) is 7.05. The van der Waals surface area contributed by atoms with Gasteiger partial charge in [0, 0.05) is 31.4 Å². The molecule has 3 heterocycles. The first-order valence-corrected chi connectivity index (χ1v) is 7.85. The van der Waals surface area contributed by atoms with Crippen LogP contribution < -0.4 is 10.2 Å². The summed E-state index contributed by atoms with van der Waals surface area (Å²) in [4.78, 5) is 7.00. The van der Waals surface area contributed by atoms with E-state index in [1.165, 1.54) is 12.8 Å². The van der Waals surface area contributed by atoms with Gasteiger partial charge in [-0.3, -0.25) is 0 Å². The van der Waals surface area contributed by atoms with Crippen LogP contribution in [0.15, 0.2) is 29.0 Å². The summed E-state index contributed by atoms with van der Waals surface area (Å²) in [5, 5.41) is 4.76. The van der Waals surface area contributed by atoms with Gasteiger partial charge in [0.2, 0.25) is 0 Å². The molecule has 4 heteroatoms. The van der Waals surface area contributed by atoms with Gasteiger partial charge < -0.3 is 14.6 Å². The Morgan fingerprint density at radius 1 is 1.38 bits per heavy atom. The molecule has 1 atom stereocenters. The number of hydrogen-bond donors (Lipinski definition) is 1. The van der Waals surface area contributed by atoms with E-state index in [9.17, 15) is 0 Å². The fourth-order valence-corrected chi connectivity index (χ4v) is 3.01. The van der Waals surface area contributed by atoms with Crippen LogP contribution in [0.4, 0.5) is 5.82 Å². The third kappa shape index (κ3) is 3.38. The molecule has 1 fully saturated rings. The van der Waals surface area contributed by atoms with Crippen LogP contribution in [-0.2, 0) is 0 Å². The second kappa shape index (κ2) is 5.68. The molecular formula is C17H25N3O. The zero-order chi connectivity index (χ0) is 14.9. The summed E-state index contributed by atoms with van der Waals surface area (Å²) >= 11 is 0. The molecule has 0 spiro atoms. The molecule has 3 rings (SSSR count). The highest BCUT2D eigenvalue weighted by atomic mass is 16.3. The van der Waals surface area contributed by atoms with Gasteiger partial charge in [0.1, 0.15) is 11.4 Å². The van der Waals surface area contributed by atoms with Crippen molar-refractivity contribution in [3.63, 3.8) is 0 Å². The molecule has 1 aliphatic rings. The van der Waals surface area contributed by atoms with Crippen molar-refractivity contribution in [3.05, 3.63) is 24.6 Å². The largest absolute Gasteiger partial charge is 0.464 e. The maximum atomic E-state index is 5.49. The standard InChI is InChI=1S/C17H25N3O/c1-17(2,3)19-11-13-5-4-9-20(12-13)16-14-7-10-21-15(14)6-8-18-16/h6-8,10,13,19H,4-5,9,11-12H2,1-3H3. The minimum absolute atomic E-state index is 0.186. The highest BCUT2D eigenvalue weighted by Gasteiger charge is 2.23. The fourth-order valence-electron chi connectivity index (χ4n) is 3.01. The molecule has 2 aromatic heterocycles. The van der Waals surface area contributed by atoms with Crippen molar-refractivity contribution in [1.82, 2.24) is 10.3 Å². The van der Waals surface area contributed by atoms with Crippen LogP contribution in [0.5, 0.6) is 0 Å². The highest BCUT2D eigenvalue weighted by molar-refractivity contribution is 5.88. The average Bonchev–Trinajstić information content (AvgIpc) is 2.93. The Morgan fingerprint density at radius 3 is 3.05 bits per heavy atom. The van der Waals surface area contributed by atoms with E-state index in [-0.39, 0.29) is 5.54 Å². The molecule has 0 saturated carbocycles. The molecule has 0 aliphatic carbocycles. The Balaban J connectivity index is 1.72. The van der Waals surface area contributed by atoms with E-state index >= 15 is 0 Å². The predicted octanol–water partition coefficient (Wildman–Crippen LogP) is 3.43. The molecule has 4 nitrogen and oxygen atoms in total. The molecule has 2 aromatic rings. The zero-order valence-electron chi connectivity index (χ0n) is 13.2. The fraction of sp³-hybridized carbons (Fsp3) is 0.588. The SMILES string of the molecule is CC(C)(C)NCC1CCCN(c2nccc3occc23)C1. The second-order valence-electron chi connectivity index (χ2n) is 7.05. The van der Waals surface area contributed by atoms with Crippen LogP contribution in [-0.4, -0.2) is 30.2 Å². The van der Waals surface area contributed by atoms with Gasteiger partial charge in [-0.15, -0.1) is 0 Å². The van der Waals surface area contributed by atoms with Crippen molar-refractivity contribution in [3.8, 4) is 0 Å². The van der Waals surface area contributed by atoms with Crippen LogP contribution in [0.3, 0.4) is 0 Å². The maximum Gasteiger partial charge on any atom is 0.139 e. The molecule has 0 bridgehead atoms. The number of nitrogens with one attached hydrogen (secondary N) is 1. The van der Waals surface area contributed by atoms with E-state index in [0.29, 0.717) is 5.92 Å². The van der Waals surface area contributed by atoms with Gasteiger partial charge in [-0.2, -0.15) is 0 Å². The lowest BCUT2D eigenvalue weighted by atomic mass is 9.96. The number of fused-ring (bicyclic) bond motifs is 1. The Kier molecular flexibility index (Phi) is 3.89. The quantitative estimate of drug-likeness (QED) is 0.939. The van der Waals surface area contributed by atoms with Crippen molar-refractivity contribution in [2.75, 3.05) is 24.5 Å². The number of pyridine rings is 1. The number of anilines is 1. The molecule has 21 heavy (non-hydrogen) atoms. The first-order valence-electron chi connectivity index (χ1n) is 7.85. The van der Waals surface area contributed by atoms with Crippen LogP contribution in [0.25, 0.3) is 11.0 Å². The van der Waals surface area contributed by atoms with Gasteiger partial charge in [0.15, 0.2) is 0 Å².